The van der Waals surface area contributed by atoms with Crippen LogP contribution in [0.2, 0.25) is 0 Å². The molecule has 1 heterocycles. The molecular weight excluding hydrogens is 240 g/mol. The Labute approximate surface area is 116 Å². The van der Waals surface area contributed by atoms with Crippen molar-refractivity contribution in [2.24, 2.45) is 5.92 Å². The molecule has 1 aliphatic heterocycles. The zero-order chi connectivity index (χ0) is 12.8. The summed E-state index contributed by atoms with van der Waals surface area (Å²) in [5.41, 5.74) is 0.155. The molecule has 3 rings (SSSR count). The molecule has 5 unspecified atom stereocenters. The highest BCUT2D eigenvalue weighted by Gasteiger charge is 2.54. The van der Waals surface area contributed by atoms with Gasteiger partial charge in [-0.3, -0.25) is 0 Å². The van der Waals surface area contributed by atoms with Crippen LogP contribution >= 0.6 is 11.8 Å². The third-order valence-corrected chi connectivity index (χ3v) is 7.80. The van der Waals surface area contributed by atoms with Gasteiger partial charge in [0, 0.05) is 10.00 Å². The topological polar surface area (TPSA) is 9.23 Å². The maximum absolute atomic E-state index is 6.71. The van der Waals surface area contributed by atoms with Crippen LogP contribution < -0.4 is 0 Å². The van der Waals surface area contributed by atoms with Gasteiger partial charge in [0.2, 0.25) is 0 Å². The van der Waals surface area contributed by atoms with E-state index in [2.05, 4.69) is 32.5 Å². The minimum absolute atomic E-state index is 0.155. The van der Waals surface area contributed by atoms with E-state index in [0.29, 0.717) is 10.9 Å². The van der Waals surface area contributed by atoms with E-state index in [1.165, 1.54) is 51.4 Å². The van der Waals surface area contributed by atoms with E-state index in [4.69, 9.17) is 4.74 Å². The van der Waals surface area contributed by atoms with E-state index in [1.54, 1.807) is 0 Å². The van der Waals surface area contributed by atoms with Gasteiger partial charge in [0.15, 0.2) is 0 Å². The van der Waals surface area contributed by atoms with Gasteiger partial charge in [-0.2, -0.15) is 0 Å². The van der Waals surface area contributed by atoms with Crippen molar-refractivity contribution in [1.29, 1.82) is 0 Å². The molecule has 2 saturated carbocycles. The number of fused-ring (bicyclic) bond motifs is 2. The summed E-state index contributed by atoms with van der Waals surface area (Å²) >= 11 is 2.30. The number of thioether (sulfide) groups is 1. The van der Waals surface area contributed by atoms with Gasteiger partial charge in [-0.15, -0.1) is 11.8 Å². The highest BCUT2D eigenvalue weighted by Crippen LogP contribution is 2.56. The zero-order valence-corrected chi connectivity index (χ0v) is 13.0. The molecule has 3 fully saturated rings. The van der Waals surface area contributed by atoms with Crippen LogP contribution in [0.15, 0.2) is 0 Å². The van der Waals surface area contributed by atoms with Crippen molar-refractivity contribution >= 4 is 11.8 Å². The lowest BCUT2D eigenvalue weighted by Crippen LogP contribution is -2.58. The molecule has 0 aromatic heterocycles. The second-order valence-electron chi connectivity index (χ2n) is 7.24. The second kappa shape index (κ2) is 4.70. The SMILES string of the molecule is CC1CCCCC2(C)OC3CCCCC3(C)SC12. The summed E-state index contributed by atoms with van der Waals surface area (Å²) in [5, 5.41) is 0.722. The standard InChI is InChI=1S/C16H28OS/c1-12-8-4-6-10-15(2)14(12)18-16(3)11-7-5-9-13(16)17-15/h12-14H,4-11H2,1-3H3. The Bertz CT molecular complexity index is 318. The minimum Gasteiger partial charge on any atom is -0.369 e. The third kappa shape index (κ3) is 2.14. The van der Waals surface area contributed by atoms with Gasteiger partial charge >= 0.3 is 0 Å². The Hall–Kier alpha value is 0.310. The molecule has 1 nitrogen and oxygen atoms in total. The number of hydrogen-bond acceptors (Lipinski definition) is 2. The lowest BCUT2D eigenvalue weighted by molar-refractivity contribution is -0.124. The van der Waals surface area contributed by atoms with Crippen molar-refractivity contribution in [2.75, 3.05) is 0 Å². The minimum atomic E-state index is 0.155. The van der Waals surface area contributed by atoms with Gasteiger partial charge in [-0.1, -0.05) is 32.6 Å². The highest BCUT2D eigenvalue weighted by molar-refractivity contribution is 8.01. The normalized spacial score (nSPS) is 53.2. The Morgan fingerprint density at radius 2 is 1.72 bits per heavy atom. The highest BCUT2D eigenvalue weighted by atomic mass is 32.2. The first kappa shape index (κ1) is 13.3. The Morgan fingerprint density at radius 3 is 2.56 bits per heavy atom. The van der Waals surface area contributed by atoms with Gasteiger partial charge in [0.25, 0.3) is 0 Å². The van der Waals surface area contributed by atoms with Crippen molar-refractivity contribution in [1.82, 2.24) is 0 Å². The smallest absolute Gasteiger partial charge is 0.0779 e. The Kier molecular flexibility index (Phi) is 3.47. The monoisotopic (exact) mass is 268 g/mol. The van der Waals surface area contributed by atoms with Crippen LogP contribution in [-0.2, 0) is 4.74 Å². The van der Waals surface area contributed by atoms with Gasteiger partial charge < -0.3 is 4.74 Å². The number of hydrogen-bond donors (Lipinski definition) is 0. The van der Waals surface area contributed by atoms with E-state index < -0.39 is 0 Å². The first-order chi connectivity index (χ1) is 8.54. The molecule has 3 aliphatic rings. The summed E-state index contributed by atoms with van der Waals surface area (Å²) in [6, 6.07) is 0. The first-order valence-electron chi connectivity index (χ1n) is 7.89. The fraction of sp³-hybridized carbons (Fsp3) is 1.00. The van der Waals surface area contributed by atoms with Gasteiger partial charge in [-0.05, 0) is 45.4 Å². The summed E-state index contributed by atoms with van der Waals surface area (Å²) in [5.74, 6) is 0.821. The molecule has 2 aliphatic carbocycles. The van der Waals surface area contributed by atoms with Crippen molar-refractivity contribution in [2.45, 2.75) is 93.8 Å². The molecule has 0 radical (unpaired) electrons. The summed E-state index contributed by atoms with van der Waals surface area (Å²) in [6.45, 7) is 7.33. The van der Waals surface area contributed by atoms with E-state index in [-0.39, 0.29) is 5.60 Å². The molecule has 0 spiro atoms. The van der Waals surface area contributed by atoms with Crippen LogP contribution in [0.1, 0.15) is 72.1 Å². The van der Waals surface area contributed by atoms with Gasteiger partial charge in [-0.25, -0.2) is 0 Å². The summed E-state index contributed by atoms with van der Waals surface area (Å²) in [4.78, 5) is 0. The number of rotatable bonds is 0. The van der Waals surface area contributed by atoms with Crippen LogP contribution in [0.5, 0.6) is 0 Å². The Balaban J connectivity index is 1.87. The van der Waals surface area contributed by atoms with Crippen molar-refractivity contribution in [3.05, 3.63) is 0 Å². The zero-order valence-electron chi connectivity index (χ0n) is 12.2. The lowest BCUT2D eigenvalue weighted by atomic mass is 9.83. The third-order valence-electron chi connectivity index (χ3n) is 5.58. The molecule has 104 valence electrons. The Morgan fingerprint density at radius 1 is 1.00 bits per heavy atom. The van der Waals surface area contributed by atoms with Crippen molar-refractivity contribution < 1.29 is 4.74 Å². The van der Waals surface area contributed by atoms with Gasteiger partial charge in [0.05, 0.1) is 11.7 Å². The summed E-state index contributed by atoms with van der Waals surface area (Å²) < 4.78 is 7.12. The van der Waals surface area contributed by atoms with Crippen molar-refractivity contribution in [3.8, 4) is 0 Å². The van der Waals surface area contributed by atoms with E-state index in [1.807, 2.05) is 0 Å². The lowest BCUT2D eigenvalue weighted by Gasteiger charge is -2.55. The van der Waals surface area contributed by atoms with Crippen LogP contribution in [0.4, 0.5) is 0 Å². The second-order valence-corrected chi connectivity index (χ2v) is 8.92. The number of ether oxygens (including phenoxy) is 1. The molecule has 0 amide bonds. The fourth-order valence-electron chi connectivity index (χ4n) is 4.41. The van der Waals surface area contributed by atoms with Crippen LogP contribution in [0, 0.1) is 5.92 Å². The van der Waals surface area contributed by atoms with Crippen LogP contribution in [0.3, 0.4) is 0 Å². The molecule has 0 N–H and O–H groups in total. The molecule has 1 saturated heterocycles. The summed E-state index contributed by atoms with van der Waals surface area (Å²) in [7, 11) is 0. The van der Waals surface area contributed by atoms with Crippen molar-refractivity contribution in [3.63, 3.8) is 0 Å². The molecule has 5 atom stereocenters. The quantitative estimate of drug-likeness (QED) is 0.625. The molecular formula is C16H28OS. The molecule has 2 heteroatoms. The van der Waals surface area contributed by atoms with Crippen LogP contribution in [-0.4, -0.2) is 21.7 Å². The predicted octanol–water partition coefficient (Wildman–Crippen LogP) is 4.79. The maximum Gasteiger partial charge on any atom is 0.0779 e. The first-order valence-corrected chi connectivity index (χ1v) is 8.77. The van der Waals surface area contributed by atoms with E-state index >= 15 is 0 Å². The molecule has 18 heavy (non-hydrogen) atoms. The fourth-order valence-corrected chi connectivity index (χ4v) is 6.36. The largest absolute Gasteiger partial charge is 0.369 e. The summed E-state index contributed by atoms with van der Waals surface area (Å²) in [6.07, 6.45) is 11.4. The molecule has 0 bridgehead atoms. The van der Waals surface area contributed by atoms with Gasteiger partial charge in [0.1, 0.15) is 0 Å². The van der Waals surface area contributed by atoms with Crippen LogP contribution in [0.25, 0.3) is 0 Å². The average Bonchev–Trinajstić information content (AvgIpc) is 2.47. The average molecular weight is 268 g/mol. The van der Waals surface area contributed by atoms with E-state index in [9.17, 15) is 0 Å². The molecule has 0 aromatic rings. The maximum atomic E-state index is 6.71. The molecule has 0 aromatic carbocycles. The predicted molar refractivity (Wildman–Crippen MR) is 79.2 cm³/mol. The van der Waals surface area contributed by atoms with E-state index in [0.717, 1.165) is 11.2 Å².